The molecule has 3 aliphatic rings. The van der Waals surface area contributed by atoms with Gasteiger partial charge in [-0.2, -0.15) is 9.97 Å². The van der Waals surface area contributed by atoms with Crippen LogP contribution in [0, 0.1) is 0 Å². The SMILES string of the molecule is CCc1nc2ccccc2n1-c1nc(N2CCOCC2)c2nc(CN3CCN4[C@H](CCOC(=O)C4(C)C)C3)n(C)c2n1. The molecule has 0 unspecified atom stereocenters. The van der Waals surface area contributed by atoms with Crippen LogP contribution in [0.15, 0.2) is 24.3 Å². The third-order valence-corrected chi connectivity index (χ3v) is 9.07. The summed E-state index contributed by atoms with van der Waals surface area (Å²) in [6.07, 6.45) is 1.60. The first-order chi connectivity index (χ1) is 20.3. The van der Waals surface area contributed by atoms with E-state index < -0.39 is 5.54 Å². The monoisotopic (exact) mass is 573 g/mol. The lowest BCUT2D eigenvalue weighted by Crippen LogP contribution is -2.61. The standard InChI is InChI=1S/C30H39N9O3/c1-5-23-31-21-8-6-7-9-22(21)39(23)29-33-26-25(27(34-29)37-13-16-41-17-14-37)32-24(35(26)4)19-36-11-12-38-20(18-36)10-15-42-28(40)30(38,2)3/h6-9,20H,5,10-19H2,1-4H3/t20-/m1/s1. The molecule has 0 bridgehead atoms. The third-order valence-electron chi connectivity index (χ3n) is 9.07. The summed E-state index contributed by atoms with van der Waals surface area (Å²) >= 11 is 0. The summed E-state index contributed by atoms with van der Waals surface area (Å²) in [4.78, 5) is 39.9. The minimum atomic E-state index is -0.612. The number of hydrogen-bond acceptors (Lipinski definition) is 10. The molecular formula is C30H39N9O3. The Morgan fingerprint density at radius 3 is 2.60 bits per heavy atom. The molecule has 0 saturated carbocycles. The first kappa shape index (κ1) is 27.2. The van der Waals surface area contributed by atoms with E-state index in [4.69, 9.17) is 29.4 Å². The second-order valence-electron chi connectivity index (χ2n) is 12.0. The molecule has 0 radical (unpaired) electrons. The normalized spacial score (nSPS) is 22.0. The molecule has 0 aliphatic carbocycles. The van der Waals surface area contributed by atoms with Gasteiger partial charge in [-0.15, -0.1) is 0 Å². The highest BCUT2D eigenvalue weighted by Gasteiger charge is 2.44. The van der Waals surface area contributed by atoms with Gasteiger partial charge in [0, 0.05) is 52.2 Å². The number of piperazine rings is 1. The molecule has 222 valence electrons. The van der Waals surface area contributed by atoms with Crippen molar-refractivity contribution in [2.75, 3.05) is 57.4 Å². The van der Waals surface area contributed by atoms with Crippen LogP contribution in [-0.2, 0) is 34.3 Å². The number of rotatable bonds is 5. The number of carbonyl (C=O) groups excluding carboxylic acids is 1. The largest absolute Gasteiger partial charge is 0.464 e. The number of nitrogens with zero attached hydrogens (tertiary/aromatic N) is 9. The Hall–Kier alpha value is -3.61. The number of morpholine rings is 1. The number of imidazole rings is 2. The van der Waals surface area contributed by atoms with Gasteiger partial charge in [-0.1, -0.05) is 19.1 Å². The fraction of sp³-hybridized carbons (Fsp3) is 0.567. The van der Waals surface area contributed by atoms with E-state index in [-0.39, 0.29) is 12.0 Å². The molecule has 3 aliphatic heterocycles. The van der Waals surface area contributed by atoms with Gasteiger partial charge >= 0.3 is 5.97 Å². The van der Waals surface area contributed by atoms with Gasteiger partial charge in [0.05, 0.1) is 37.4 Å². The molecule has 42 heavy (non-hydrogen) atoms. The number of carbonyl (C=O) groups is 1. The van der Waals surface area contributed by atoms with E-state index in [1.807, 2.05) is 32.0 Å². The summed E-state index contributed by atoms with van der Waals surface area (Å²) in [7, 11) is 2.05. The Morgan fingerprint density at radius 1 is 0.976 bits per heavy atom. The number of hydrogen-bond donors (Lipinski definition) is 0. The van der Waals surface area contributed by atoms with Crippen LogP contribution in [0.5, 0.6) is 0 Å². The molecule has 12 nitrogen and oxygen atoms in total. The van der Waals surface area contributed by atoms with E-state index in [9.17, 15) is 4.79 Å². The molecule has 0 spiro atoms. The van der Waals surface area contributed by atoms with Crippen LogP contribution in [0.1, 0.15) is 38.8 Å². The molecule has 3 fully saturated rings. The average molecular weight is 574 g/mol. The summed E-state index contributed by atoms with van der Waals surface area (Å²) < 4.78 is 15.4. The highest BCUT2D eigenvalue weighted by Crippen LogP contribution is 2.31. The van der Waals surface area contributed by atoms with Crippen molar-refractivity contribution in [3.8, 4) is 5.95 Å². The van der Waals surface area contributed by atoms with Gasteiger partial charge in [-0.3, -0.25) is 19.2 Å². The fourth-order valence-electron chi connectivity index (χ4n) is 6.68. The molecule has 3 saturated heterocycles. The van der Waals surface area contributed by atoms with Gasteiger partial charge in [0.1, 0.15) is 17.2 Å². The van der Waals surface area contributed by atoms with Gasteiger partial charge in [-0.25, -0.2) is 9.97 Å². The Labute approximate surface area is 245 Å². The van der Waals surface area contributed by atoms with E-state index in [2.05, 4.69) is 43.9 Å². The van der Waals surface area contributed by atoms with E-state index in [0.29, 0.717) is 32.3 Å². The molecule has 0 N–H and O–H groups in total. The smallest absolute Gasteiger partial charge is 0.325 e. The number of ether oxygens (including phenoxy) is 2. The predicted octanol–water partition coefficient (Wildman–Crippen LogP) is 2.31. The maximum absolute atomic E-state index is 12.6. The number of aryl methyl sites for hydroxylation is 2. The van der Waals surface area contributed by atoms with Crippen molar-refractivity contribution < 1.29 is 14.3 Å². The highest BCUT2D eigenvalue weighted by molar-refractivity contribution is 5.86. The lowest BCUT2D eigenvalue weighted by Gasteiger charge is -2.46. The Bertz CT molecular complexity index is 1640. The Balaban J connectivity index is 1.27. The zero-order valence-corrected chi connectivity index (χ0v) is 24.9. The molecule has 4 aromatic rings. The van der Waals surface area contributed by atoms with Crippen LogP contribution < -0.4 is 4.90 Å². The Kier molecular flexibility index (Phi) is 6.87. The van der Waals surface area contributed by atoms with Gasteiger partial charge in [-0.05, 0) is 32.4 Å². The lowest BCUT2D eigenvalue weighted by molar-refractivity contribution is -0.154. The second kappa shape index (κ2) is 10.6. The molecule has 6 heterocycles. The Morgan fingerprint density at radius 2 is 1.79 bits per heavy atom. The number of fused-ring (bicyclic) bond motifs is 3. The molecular weight excluding hydrogens is 534 g/mol. The summed E-state index contributed by atoms with van der Waals surface area (Å²) in [6, 6.07) is 8.40. The number of cyclic esters (lactones) is 1. The highest BCUT2D eigenvalue weighted by atomic mass is 16.5. The minimum Gasteiger partial charge on any atom is -0.464 e. The lowest BCUT2D eigenvalue weighted by atomic mass is 9.97. The summed E-state index contributed by atoms with van der Waals surface area (Å²) in [5.74, 6) is 3.20. The quantitative estimate of drug-likeness (QED) is 0.330. The fourth-order valence-corrected chi connectivity index (χ4v) is 6.68. The van der Waals surface area contributed by atoms with Crippen molar-refractivity contribution in [1.82, 2.24) is 38.9 Å². The van der Waals surface area contributed by atoms with Crippen LogP contribution in [0.3, 0.4) is 0 Å². The van der Waals surface area contributed by atoms with E-state index in [0.717, 1.165) is 85.2 Å². The van der Waals surface area contributed by atoms with Gasteiger partial charge < -0.3 is 18.9 Å². The van der Waals surface area contributed by atoms with E-state index >= 15 is 0 Å². The summed E-state index contributed by atoms with van der Waals surface area (Å²) in [6.45, 7) is 12.6. The van der Waals surface area contributed by atoms with E-state index in [1.165, 1.54) is 0 Å². The number of esters is 1. The number of benzene rings is 1. The van der Waals surface area contributed by atoms with Crippen LogP contribution in [0.4, 0.5) is 5.82 Å². The maximum Gasteiger partial charge on any atom is 0.325 e. The van der Waals surface area contributed by atoms with Crippen molar-refractivity contribution in [3.63, 3.8) is 0 Å². The number of aromatic nitrogens is 6. The van der Waals surface area contributed by atoms with Crippen molar-refractivity contribution in [2.45, 2.75) is 51.7 Å². The summed E-state index contributed by atoms with van der Waals surface area (Å²) in [5, 5.41) is 0. The second-order valence-corrected chi connectivity index (χ2v) is 12.0. The minimum absolute atomic E-state index is 0.129. The molecule has 1 aromatic carbocycles. The topological polar surface area (TPSA) is 107 Å². The predicted molar refractivity (Wildman–Crippen MR) is 159 cm³/mol. The molecule has 3 aromatic heterocycles. The van der Waals surface area contributed by atoms with Crippen LogP contribution in [0.25, 0.3) is 28.1 Å². The van der Waals surface area contributed by atoms with E-state index in [1.54, 1.807) is 0 Å². The number of para-hydroxylation sites is 2. The third kappa shape index (κ3) is 4.52. The first-order valence-corrected chi connectivity index (χ1v) is 15.0. The molecule has 12 heteroatoms. The summed E-state index contributed by atoms with van der Waals surface area (Å²) in [5.41, 5.74) is 2.94. The zero-order chi connectivity index (χ0) is 29.0. The van der Waals surface area contributed by atoms with Crippen LogP contribution in [-0.4, -0.2) is 109 Å². The molecule has 0 amide bonds. The van der Waals surface area contributed by atoms with Crippen molar-refractivity contribution in [2.24, 2.45) is 7.05 Å². The van der Waals surface area contributed by atoms with Crippen LogP contribution >= 0.6 is 0 Å². The van der Waals surface area contributed by atoms with Gasteiger partial charge in [0.2, 0.25) is 5.95 Å². The van der Waals surface area contributed by atoms with Gasteiger partial charge in [0.15, 0.2) is 17.0 Å². The molecule has 1 atom stereocenters. The van der Waals surface area contributed by atoms with Crippen molar-refractivity contribution >= 4 is 34.0 Å². The first-order valence-electron chi connectivity index (χ1n) is 15.0. The molecule has 7 rings (SSSR count). The maximum atomic E-state index is 12.6. The van der Waals surface area contributed by atoms with Gasteiger partial charge in [0.25, 0.3) is 0 Å². The van der Waals surface area contributed by atoms with Crippen molar-refractivity contribution in [3.05, 3.63) is 35.9 Å². The average Bonchev–Trinajstić information content (AvgIpc) is 3.50. The zero-order valence-electron chi connectivity index (χ0n) is 24.9. The number of anilines is 1. The van der Waals surface area contributed by atoms with Crippen molar-refractivity contribution in [1.29, 1.82) is 0 Å². The van der Waals surface area contributed by atoms with Crippen LogP contribution in [0.2, 0.25) is 0 Å².